The van der Waals surface area contributed by atoms with E-state index in [0.717, 1.165) is 15.4 Å². The van der Waals surface area contributed by atoms with Gasteiger partial charge in [0.05, 0.1) is 10.6 Å². The lowest BCUT2D eigenvalue weighted by Gasteiger charge is -2.33. The molecule has 10 heteroatoms. The van der Waals surface area contributed by atoms with Gasteiger partial charge in [-0.15, -0.1) is 0 Å². The van der Waals surface area contributed by atoms with Crippen molar-refractivity contribution < 1.29 is 18.0 Å². The topological polar surface area (TPSA) is 86.8 Å². The van der Waals surface area contributed by atoms with Crippen molar-refractivity contribution in [2.24, 2.45) is 0 Å². The summed E-state index contributed by atoms with van der Waals surface area (Å²) in [6.45, 7) is 5.58. The van der Waals surface area contributed by atoms with E-state index in [1.807, 2.05) is 38.1 Å². The molecule has 1 atom stereocenters. The number of hydrogen-bond acceptors (Lipinski definition) is 4. The second-order valence-electron chi connectivity index (χ2n) is 8.77. The molecule has 0 fully saturated rings. The zero-order chi connectivity index (χ0) is 27.9. The molecule has 0 aromatic heterocycles. The minimum Gasteiger partial charge on any atom is -0.355 e. The van der Waals surface area contributed by atoms with Gasteiger partial charge in [-0.05, 0) is 68.3 Å². The molecule has 0 aliphatic rings. The molecule has 0 unspecified atom stereocenters. The number of nitrogens with zero attached hydrogens (tertiary/aromatic N) is 2. The third-order valence-electron chi connectivity index (χ3n) is 5.99. The van der Waals surface area contributed by atoms with Gasteiger partial charge in [0, 0.05) is 23.1 Å². The molecule has 0 spiro atoms. The van der Waals surface area contributed by atoms with Crippen molar-refractivity contribution in [2.75, 3.05) is 17.4 Å². The van der Waals surface area contributed by atoms with E-state index in [1.165, 1.54) is 35.2 Å². The van der Waals surface area contributed by atoms with E-state index >= 15 is 0 Å². The van der Waals surface area contributed by atoms with Gasteiger partial charge in [0.15, 0.2) is 0 Å². The number of aryl methyl sites for hydroxylation is 1. The highest BCUT2D eigenvalue weighted by atomic mass is 35.5. The van der Waals surface area contributed by atoms with E-state index in [9.17, 15) is 18.0 Å². The first-order valence-electron chi connectivity index (χ1n) is 12.2. The molecule has 202 valence electrons. The third kappa shape index (κ3) is 7.28. The molecule has 0 aliphatic heterocycles. The van der Waals surface area contributed by atoms with Gasteiger partial charge < -0.3 is 10.2 Å². The summed E-state index contributed by atoms with van der Waals surface area (Å²) in [5, 5.41) is 3.48. The molecular formula is C28H31Cl2N3O4S. The molecule has 3 aromatic rings. The Labute approximate surface area is 234 Å². The molecule has 0 saturated heterocycles. The summed E-state index contributed by atoms with van der Waals surface area (Å²) in [4.78, 5) is 28.3. The van der Waals surface area contributed by atoms with Crippen molar-refractivity contribution in [3.8, 4) is 0 Å². The van der Waals surface area contributed by atoms with Crippen LogP contribution >= 0.6 is 23.2 Å². The van der Waals surface area contributed by atoms with E-state index in [4.69, 9.17) is 23.2 Å². The summed E-state index contributed by atoms with van der Waals surface area (Å²) >= 11 is 12.2. The predicted octanol–water partition coefficient (Wildman–Crippen LogP) is 5.44. The third-order valence-corrected chi connectivity index (χ3v) is 8.26. The Morgan fingerprint density at radius 1 is 0.921 bits per heavy atom. The van der Waals surface area contributed by atoms with Crippen LogP contribution in [0.2, 0.25) is 10.0 Å². The standard InChI is InChI=1S/C28H31Cl2N3O4S/c1-4-26(28(35)31-5-2)32(18-21-11-9-20(3)10-12-21)27(34)19-33(24-8-6-7-23(30)17-24)38(36,37)25-15-13-22(29)14-16-25/h6-17,26H,4-5,18-19H2,1-3H3,(H,31,35)/t26-/m0/s1. The minimum atomic E-state index is -4.19. The van der Waals surface area contributed by atoms with Crippen LogP contribution in [0.25, 0.3) is 0 Å². The summed E-state index contributed by atoms with van der Waals surface area (Å²) in [5.41, 5.74) is 2.10. The first-order chi connectivity index (χ1) is 18.1. The molecule has 0 heterocycles. The van der Waals surface area contributed by atoms with Crippen molar-refractivity contribution in [3.63, 3.8) is 0 Å². The van der Waals surface area contributed by atoms with Crippen LogP contribution in [0.5, 0.6) is 0 Å². The minimum absolute atomic E-state index is 0.0319. The Bertz CT molecular complexity index is 1360. The highest BCUT2D eigenvalue weighted by Gasteiger charge is 2.33. The maximum Gasteiger partial charge on any atom is 0.264 e. The lowest BCUT2D eigenvalue weighted by Crippen LogP contribution is -2.52. The van der Waals surface area contributed by atoms with Crippen molar-refractivity contribution in [3.05, 3.63) is 94.0 Å². The number of halogens is 2. The van der Waals surface area contributed by atoms with E-state index in [0.29, 0.717) is 23.0 Å². The zero-order valence-electron chi connectivity index (χ0n) is 21.5. The smallest absolute Gasteiger partial charge is 0.264 e. The van der Waals surface area contributed by atoms with E-state index in [2.05, 4.69) is 5.32 Å². The largest absolute Gasteiger partial charge is 0.355 e. The Kier molecular flexibility index (Phi) is 10.2. The van der Waals surface area contributed by atoms with Crippen LogP contribution < -0.4 is 9.62 Å². The number of nitrogens with one attached hydrogen (secondary N) is 1. The van der Waals surface area contributed by atoms with Gasteiger partial charge >= 0.3 is 0 Å². The highest BCUT2D eigenvalue weighted by Crippen LogP contribution is 2.27. The first-order valence-corrected chi connectivity index (χ1v) is 14.4. The molecule has 7 nitrogen and oxygen atoms in total. The SMILES string of the molecule is CCNC(=O)[C@H](CC)N(Cc1ccc(C)cc1)C(=O)CN(c1cccc(Cl)c1)S(=O)(=O)c1ccc(Cl)cc1. The van der Waals surface area contributed by atoms with Gasteiger partial charge in [-0.1, -0.05) is 66.0 Å². The molecule has 0 saturated carbocycles. The van der Waals surface area contributed by atoms with Gasteiger partial charge in [0.1, 0.15) is 12.6 Å². The normalized spacial score (nSPS) is 12.0. The molecule has 2 amide bonds. The maximum atomic E-state index is 13.9. The average molecular weight is 577 g/mol. The van der Waals surface area contributed by atoms with E-state index in [-0.39, 0.29) is 23.0 Å². The van der Waals surface area contributed by atoms with Gasteiger partial charge in [-0.2, -0.15) is 0 Å². The average Bonchev–Trinajstić information content (AvgIpc) is 2.88. The maximum absolute atomic E-state index is 13.9. The Hall–Kier alpha value is -3.07. The number of hydrogen-bond donors (Lipinski definition) is 1. The van der Waals surface area contributed by atoms with Gasteiger partial charge in [0.25, 0.3) is 10.0 Å². The van der Waals surface area contributed by atoms with Crippen molar-refractivity contribution >= 4 is 50.7 Å². The molecular weight excluding hydrogens is 545 g/mol. The zero-order valence-corrected chi connectivity index (χ0v) is 23.9. The Balaban J connectivity index is 2.05. The predicted molar refractivity (Wildman–Crippen MR) is 152 cm³/mol. The van der Waals surface area contributed by atoms with Crippen LogP contribution in [0.4, 0.5) is 5.69 Å². The van der Waals surface area contributed by atoms with Crippen LogP contribution in [-0.2, 0) is 26.2 Å². The van der Waals surface area contributed by atoms with Crippen LogP contribution in [0.15, 0.2) is 77.7 Å². The number of rotatable bonds is 11. The number of likely N-dealkylation sites (N-methyl/N-ethyl adjacent to an activating group) is 1. The quantitative estimate of drug-likeness (QED) is 0.330. The highest BCUT2D eigenvalue weighted by molar-refractivity contribution is 7.92. The fraction of sp³-hybridized carbons (Fsp3) is 0.286. The van der Waals surface area contributed by atoms with Crippen LogP contribution in [0, 0.1) is 6.92 Å². The summed E-state index contributed by atoms with van der Waals surface area (Å²) < 4.78 is 28.6. The second kappa shape index (κ2) is 13.1. The van der Waals surface area contributed by atoms with Crippen molar-refractivity contribution in [2.45, 2.75) is 44.7 Å². The molecule has 3 aromatic carbocycles. The van der Waals surface area contributed by atoms with Crippen LogP contribution in [-0.4, -0.2) is 44.3 Å². The summed E-state index contributed by atoms with van der Waals surface area (Å²) in [6, 6.07) is 18.8. The fourth-order valence-corrected chi connectivity index (χ4v) is 5.71. The lowest BCUT2D eigenvalue weighted by atomic mass is 10.1. The number of carbonyl (C=O) groups is 2. The van der Waals surface area contributed by atoms with Crippen molar-refractivity contribution in [1.29, 1.82) is 0 Å². The van der Waals surface area contributed by atoms with E-state index < -0.39 is 28.5 Å². The van der Waals surface area contributed by atoms with Crippen molar-refractivity contribution in [1.82, 2.24) is 10.2 Å². The molecule has 0 radical (unpaired) electrons. The summed E-state index contributed by atoms with van der Waals surface area (Å²) in [6.07, 6.45) is 0.352. The number of benzene rings is 3. The molecule has 0 aliphatic carbocycles. The molecule has 1 N–H and O–H groups in total. The molecule has 0 bridgehead atoms. The Morgan fingerprint density at radius 3 is 2.16 bits per heavy atom. The number of amides is 2. The van der Waals surface area contributed by atoms with Crippen LogP contribution in [0.3, 0.4) is 0 Å². The van der Waals surface area contributed by atoms with Gasteiger partial charge in [0.2, 0.25) is 11.8 Å². The monoisotopic (exact) mass is 575 g/mol. The Morgan fingerprint density at radius 2 is 1.58 bits per heavy atom. The first kappa shape index (κ1) is 29.5. The lowest BCUT2D eigenvalue weighted by molar-refractivity contribution is -0.140. The summed E-state index contributed by atoms with van der Waals surface area (Å²) in [5.74, 6) is -0.827. The second-order valence-corrected chi connectivity index (χ2v) is 11.5. The molecule has 3 rings (SSSR count). The van der Waals surface area contributed by atoms with E-state index in [1.54, 1.807) is 25.1 Å². The van der Waals surface area contributed by atoms with Gasteiger partial charge in [-0.3, -0.25) is 13.9 Å². The molecule has 38 heavy (non-hydrogen) atoms. The summed E-state index contributed by atoms with van der Waals surface area (Å²) in [7, 11) is -4.19. The number of carbonyl (C=O) groups excluding carboxylic acids is 2. The fourth-order valence-electron chi connectivity index (χ4n) is 4.00. The number of anilines is 1. The van der Waals surface area contributed by atoms with Gasteiger partial charge in [-0.25, -0.2) is 8.42 Å². The number of sulfonamides is 1. The van der Waals surface area contributed by atoms with Crippen LogP contribution in [0.1, 0.15) is 31.4 Å².